The summed E-state index contributed by atoms with van der Waals surface area (Å²) in [6.45, 7) is 10.1. The van der Waals surface area contributed by atoms with Gasteiger partial charge in [0.2, 0.25) is 0 Å². The summed E-state index contributed by atoms with van der Waals surface area (Å²) in [4.78, 5) is 6.92. The lowest BCUT2D eigenvalue weighted by molar-refractivity contribution is 0.193. The van der Waals surface area contributed by atoms with Crippen LogP contribution in [0.4, 0.5) is 5.82 Å². The second kappa shape index (κ2) is 7.04. The predicted octanol–water partition coefficient (Wildman–Crippen LogP) is 2.36. The molecule has 1 aromatic rings. The Morgan fingerprint density at radius 2 is 2.25 bits per heavy atom. The Bertz CT molecular complexity index is 428. The van der Waals surface area contributed by atoms with E-state index in [4.69, 9.17) is 4.74 Å². The van der Waals surface area contributed by atoms with Crippen molar-refractivity contribution in [2.75, 3.05) is 31.7 Å². The summed E-state index contributed by atoms with van der Waals surface area (Å²) in [6, 6.07) is 4.81. The molecule has 1 saturated heterocycles. The lowest BCUT2D eigenvalue weighted by Crippen LogP contribution is -2.32. The van der Waals surface area contributed by atoms with Crippen LogP contribution in [0.5, 0.6) is 0 Å². The predicted molar refractivity (Wildman–Crippen MR) is 83.1 cm³/mol. The normalized spacial score (nSPS) is 18.8. The molecular formula is C16H27N3O. The lowest BCUT2D eigenvalue weighted by atomic mass is 10.1. The van der Waals surface area contributed by atoms with Crippen molar-refractivity contribution in [3.05, 3.63) is 23.4 Å². The molecule has 1 N–H and O–H groups in total. The Balaban J connectivity index is 2.03. The molecule has 1 aromatic heterocycles. The molecule has 0 bridgehead atoms. The van der Waals surface area contributed by atoms with Crippen LogP contribution in [-0.2, 0) is 11.3 Å². The number of aryl methyl sites for hydroxylation is 1. The number of hydrogen-bond donors (Lipinski definition) is 1. The van der Waals surface area contributed by atoms with Crippen molar-refractivity contribution in [2.45, 2.75) is 39.8 Å². The largest absolute Gasteiger partial charge is 0.379 e. The molecule has 2 rings (SSSR count). The van der Waals surface area contributed by atoms with Gasteiger partial charge in [-0.25, -0.2) is 4.98 Å². The van der Waals surface area contributed by atoms with Crippen LogP contribution in [0.1, 0.15) is 31.5 Å². The minimum atomic E-state index is 0.459. The molecule has 0 aliphatic carbocycles. The number of rotatable bonds is 6. The second-order valence-corrected chi connectivity index (χ2v) is 6.13. The van der Waals surface area contributed by atoms with Gasteiger partial charge in [-0.05, 0) is 43.5 Å². The highest BCUT2D eigenvalue weighted by atomic mass is 16.5. The Morgan fingerprint density at radius 3 is 2.90 bits per heavy atom. The summed E-state index contributed by atoms with van der Waals surface area (Å²) in [6.07, 6.45) is 1.09. The van der Waals surface area contributed by atoms with E-state index < -0.39 is 0 Å². The van der Waals surface area contributed by atoms with Crippen LogP contribution in [0.15, 0.2) is 12.1 Å². The molecule has 1 atom stereocenters. The number of ether oxygens (including phenoxy) is 1. The summed E-state index contributed by atoms with van der Waals surface area (Å²) >= 11 is 0. The highest BCUT2D eigenvalue weighted by Crippen LogP contribution is 2.20. The van der Waals surface area contributed by atoms with E-state index in [0.29, 0.717) is 12.0 Å². The molecule has 0 amide bonds. The molecule has 1 aliphatic rings. The molecule has 0 aromatic carbocycles. The van der Waals surface area contributed by atoms with Gasteiger partial charge in [0.25, 0.3) is 0 Å². The maximum absolute atomic E-state index is 5.47. The Hall–Kier alpha value is -1.13. The molecule has 0 radical (unpaired) electrons. The van der Waals surface area contributed by atoms with Crippen molar-refractivity contribution < 1.29 is 4.74 Å². The number of nitrogens with zero attached hydrogens (tertiary/aromatic N) is 2. The Labute approximate surface area is 122 Å². The van der Waals surface area contributed by atoms with Crippen LogP contribution >= 0.6 is 0 Å². The molecule has 1 aliphatic heterocycles. The zero-order chi connectivity index (χ0) is 14.5. The van der Waals surface area contributed by atoms with Crippen LogP contribution in [0, 0.1) is 12.8 Å². The summed E-state index contributed by atoms with van der Waals surface area (Å²) in [5.74, 6) is 1.73. The van der Waals surface area contributed by atoms with E-state index in [1.54, 1.807) is 0 Å². The van der Waals surface area contributed by atoms with E-state index in [9.17, 15) is 0 Å². The number of pyridine rings is 1. The zero-order valence-electron chi connectivity index (χ0n) is 13.1. The number of nitrogens with one attached hydrogen (secondary N) is 1. The third-order valence-corrected chi connectivity index (χ3v) is 3.70. The van der Waals surface area contributed by atoms with Crippen LogP contribution in [0.25, 0.3) is 0 Å². The van der Waals surface area contributed by atoms with Crippen molar-refractivity contribution in [2.24, 2.45) is 5.92 Å². The van der Waals surface area contributed by atoms with Crippen LogP contribution in [0.2, 0.25) is 0 Å². The first kappa shape index (κ1) is 15.3. The monoisotopic (exact) mass is 277 g/mol. The molecule has 0 spiro atoms. The Morgan fingerprint density at radius 1 is 1.45 bits per heavy atom. The number of hydrogen-bond acceptors (Lipinski definition) is 4. The van der Waals surface area contributed by atoms with E-state index in [-0.39, 0.29) is 0 Å². The molecule has 4 heteroatoms. The fourth-order valence-electron chi connectivity index (χ4n) is 2.52. The summed E-state index contributed by atoms with van der Waals surface area (Å²) < 4.78 is 5.47. The van der Waals surface area contributed by atoms with Crippen molar-refractivity contribution in [3.8, 4) is 0 Å². The first-order valence-corrected chi connectivity index (χ1v) is 7.55. The molecule has 2 heterocycles. The fourth-order valence-corrected chi connectivity index (χ4v) is 2.52. The van der Waals surface area contributed by atoms with E-state index in [2.05, 4.69) is 55.2 Å². The molecule has 20 heavy (non-hydrogen) atoms. The van der Waals surface area contributed by atoms with Gasteiger partial charge in [-0.2, -0.15) is 0 Å². The first-order chi connectivity index (χ1) is 9.56. The van der Waals surface area contributed by atoms with Gasteiger partial charge < -0.3 is 15.0 Å². The highest BCUT2D eigenvalue weighted by Gasteiger charge is 2.21. The van der Waals surface area contributed by atoms with Gasteiger partial charge in [-0.15, -0.1) is 0 Å². The minimum absolute atomic E-state index is 0.459. The average molecular weight is 277 g/mol. The van der Waals surface area contributed by atoms with Gasteiger partial charge in [0.1, 0.15) is 5.82 Å². The quantitative estimate of drug-likeness (QED) is 0.866. The van der Waals surface area contributed by atoms with Crippen LogP contribution in [-0.4, -0.2) is 37.8 Å². The standard InChI is InChI=1S/C16H27N3O/c1-12(2)9-17-10-14-7-13(3)18-16(8-14)19(4)15-5-6-20-11-15/h7-8,12,15,17H,5-6,9-11H2,1-4H3. The van der Waals surface area contributed by atoms with E-state index in [1.165, 1.54) is 5.56 Å². The maximum Gasteiger partial charge on any atom is 0.129 e. The SMILES string of the molecule is Cc1cc(CNCC(C)C)cc(N(C)C2CCOC2)n1. The van der Waals surface area contributed by atoms with E-state index >= 15 is 0 Å². The topological polar surface area (TPSA) is 37.4 Å². The van der Waals surface area contributed by atoms with Crippen molar-refractivity contribution in [1.82, 2.24) is 10.3 Å². The third kappa shape index (κ3) is 4.18. The van der Waals surface area contributed by atoms with Crippen LogP contribution in [0.3, 0.4) is 0 Å². The zero-order valence-corrected chi connectivity index (χ0v) is 13.1. The van der Waals surface area contributed by atoms with Crippen LogP contribution < -0.4 is 10.2 Å². The molecule has 4 nitrogen and oxygen atoms in total. The lowest BCUT2D eigenvalue weighted by Gasteiger charge is -2.25. The van der Waals surface area contributed by atoms with Gasteiger partial charge in [0.15, 0.2) is 0 Å². The molecule has 112 valence electrons. The van der Waals surface area contributed by atoms with E-state index in [0.717, 1.165) is 44.2 Å². The number of aromatic nitrogens is 1. The van der Waals surface area contributed by atoms with Crippen molar-refractivity contribution in [3.63, 3.8) is 0 Å². The van der Waals surface area contributed by atoms with Gasteiger partial charge in [-0.3, -0.25) is 0 Å². The average Bonchev–Trinajstić information content (AvgIpc) is 2.90. The second-order valence-electron chi connectivity index (χ2n) is 6.13. The van der Waals surface area contributed by atoms with Gasteiger partial charge in [-0.1, -0.05) is 13.8 Å². The van der Waals surface area contributed by atoms with Gasteiger partial charge >= 0.3 is 0 Å². The highest BCUT2D eigenvalue weighted by molar-refractivity contribution is 5.43. The number of likely N-dealkylation sites (N-methyl/N-ethyl adjacent to an activating group) is 1. The smallest absolute Gasteiger partial charge is 0.129 e. The van der Waals surface area contributed by atoms with E-state index in [1.807, 2.05) is 0 Å². The molecule has 0 saturated carbocycles. The fraction of sp³-hybridized carbons (Fsp3) is 0.688. The first-order valence-electron chi connectivity index (χ1n) is 7.55. The summed E-state index contributed by atoms with van der Waals surface area (Å²) in [7, 11) is 2.12. The number of anilines is 1. The van der Waals surface area contributed by atoms with Crippen molar-refractivity contribution in [1.29, 1.82) is 0 Å². The molecule has 1 fully saturated rings. The van der Waals surface area contributed by atoms with Crippen molar-refractivity contribution >= 4 is 5.82 Å². The minimum Gasteiger partial charge on any atom is -0.379 e. The summed E-state index contributed by atoms with van der Waals surface area (Å²) in [5, 5.41) is 3.49. The van der Waals surface area contributed by atoms with Gasteiger partial charge in [0.05, 0.1) is 12.6 Å². The maximum atomic E-state index is 5.47. The van der Waals surface area contributed by atoms with Gasteiger partial charge in [0, 0.05) is 25.9 Å². The summed E-state index contributed by atoms with van der Waals surface area (Å²) in [5.41, 5.74) is 2.38. The Kier molecular flexibility index (Phi) is 5.38. The molecular weight excluding hydrogens is 250 g/mol. The third-order valence-electron chi connectivity index (χ3n) is 3.70. The molecule has 1 unspecified atom stereocenters.